The molecule has 0 aliphatic carbocycles. The van der Waals surface area contributed by atoms with Crippen LogP contribution in [0.1, 0.15) is 19.4 Å². The Morgan fingerprint density at radius 3 is 2.33 bits per heavy atom. The predicted octanol–water partition coefficient (Wildman–Crippen LogP) is 4.16. The van der Waals surface area contributed by atoms with Crippen LogP contribution in [0.25, 0.3) is 6.08 Å². The van der Waals surface area contributed by atoms with Gasteiger partial charge in [0, 0.05) is 19.2 Å². The average Bonchev–Trinajstić information content (AvgIpc) is 2.63. The van der Waals surface area contributed by atoms with Crippen LogP contribution in [0.15, 0.2) is 53.4 Å². The smallest absolute Gasteiger partial charge is 0.248 e. The molecule has 0 bridgehead atoms. The maximum absolute atomic E-state index is 13.0. The zero-order chi connectivity index (χ0) is 20.0. The fraction of sp³-hybridized carbons (Fsp3) is 0.211. The fourth-order valence-electron chi connectivity index (χ4n) is 2.40. The summed E-state index contributed by atoms with van der Waals surface area (Å²) in [6.45, 7) is 4.35. The molecule has 0 aliphatic rings. The molecule has 5 nitrogen and oxygen atoms in total. The van der Waals surface area contributed by atoms with Gasteiger partial charge >= 0.3 is 0 Å². The number of carbonyl (C=O) groups is 1. The molecule has 0 unspecified atom stereocenters. The number of nitrogens with one attached hydrogen (secondary N) is 1. The molecule has 0 radical (unpaired) electrons. The van der Waals surface area contributed by atoms with Crippen LogP contribution in [-0.2, 0) is 14.8 Å². The minimum absolute atomic E-state index is 0.0997. The summed E-state index contributed by atoms with van der Waals surface area (Å²) in [7, 11) is -3.51. The molecule has 2 aromatic rings. The van der Waals surface area contributed by atoms with Crippen molar-refractivity contribution in [1.82, 2.24) is 4.31 Å². The minimum atomic E-state index is -3.51. The van der Waals surface area contributed by atoms with E-state index in [0.29, 0.717) is 24.3 Å². The summed E-state index contributed by atoms with van der Waals surface area (Å²) in [5, 5.41) is 2.65. The summed E-state index contributed by atoms with van der Waals surface area (Å²) in [4.78, 5) is 12.2. The Kier molecular flexibility index (Phi) is 7.12. The van der Waals surface area contributed by atoms with Crippen molar-refractivity contribution in [2.75, 3.05) is 18.4 Å². The average molecular weight is 411 g/mol. The maximum atomic E-state index is 13.0. The Balaban J connectivity index is 2.08. The van der Waals surface area contributed by atoms with Crippen LogP contribution in [0.5, 0.6) is 0 Å². The number of hydrogen-bond donors (Lipinski definition) is 1. The highest BCUT2D eigenvalue weighted by atomic mass is 35.5. The molecule has 0 atom stereocenters. The first-order valence-corrected chi connectivity index (χ1v) is 10.1. The van der Waals surface area contributed by atoms with E-state index in [1.165, 1.54) is 34.6 Å². The lowest BCUT2D eigenvalue weighted by Crippen LogP contribution is -2.30. The van der Waals surface area contributed by atoms with Gasteiger partial charge in [-0.25, -0.2) is 12.8 Å². The first-order valence-electron chi connectivity index (χ1n) is 8.32. The van der Waals surface area contributed by atoms with E-state index < -0.39 is 21.7 Å². The van der Waals surface area contributed by atoms with Crippen LogP contribution in [0.2, 0.25) is 5.02 Å². The van der Waals surface area contributed by atoms with E-state index in [4.69, 9.17) is 11.6 Å². The van der Waals surface area contributed by atoms with Gasteiger partial charge in [-0.1, -0.05) is 37.6 Å². The molecular weight excluding hydrogens is 391 g/mol. The van der Waals surface area contributed by atoms with Crippen molar-refractivity contribution >= 4 is 39.3 Å². The topological polar surface area (TPSA) is 66.5 Å². The first kappa shape index (κ1) is 21.1. The lowest BCUT2D eigenvalue weighted by Gasteiger charge is -2.18. The van der Waals surface area contributed by atoms with Gasteiger partial charge in [-0.05, 0) is 42.0 Å². The van der Waals surface area contributed by atoms with Crippen LogP contribution >= 0.6 is 11.6 Å². The van der Waals surface area contributed by atoms with Crippen LogP contribution in [0.4, 0.5) is 10.1 Å². The highest BCUT2D eigenvalue weighted by molar-refractivity contribution is 7.89. The molecule has 2 aromatic carbocycles. The number of nitrogens with zero attached hydrogens (tertiary/aromatic N) is 1. The highest BCUT2D eigenvalue weighted by Crippen LogP contribution is 2.22. The van der Waals surface area contributed by atoms with Crippen LogP contribution in [-0.4, -0.2) is 31.7 Å². The van der Waals surface area contributed by atoms with E-state index in [2.05, 4.69) is 5.32 Å². The van der Waals surface area contributed by atoms with Crippen molar-refractivity contribution in [2.24, 2.45) is 0 Å². The lowest BCUT2D eigenvalue weighted by molar-refractivity contribution is -0.111. The van der Waals surface area contributed by atoms with Crippen molar-refractivity contribution in [2.45, 2.75) is 18.7 Å². The maximum Gasteiger partial charge on any atom is 0.248 e. The van der Waals surface area contributed by atoms with Crippen molar-refractivity contribution in [1.29, 1.82) is 0 Å². The molecule has 0 saturated heterocycles. The second-order valence-corrected chi connectivity index (χ2v) is 7.95. The van der Waals surface area contributed by atoms with Crippen molar-refractivity contribution in [3.05, 3.63) is 64.9 Å². The Morgan fingerprint density at radius 2 is 1.78 bits per heavy atom. The SMILES string of the molecule is CCN(CC)S(=O)(=O)c1ccc(/C=C/C(=O)Nc2ccc(F)cc2Cl)cc1. The Labute approximate surface area is 163 Å². The molecule has 27 heavy (non-hydrogen) atoms. The largest absolute Gasteiger partial charge is 0.321 e. The van der Waals surface area contributed by atoms with Crippen molar-refractivity contribution in [3.63, 3.8) is 0 Å². The van der Waals surface area contributed by atoms with Gasteiger partial charge in [-0.15, -0.1) is 0 Å². The van der Waals surface area contributed by atoms with Gasteiger partial charge in [-0.3, -0.25) is 4.79 Å². The summed E-state index contributed by atoms with van der Waals surface area (Å²) in [5.74, 6) is -0.934. The third-order valence-corrected chi connectivity index (χ3v) is 6.22. The van der Waals surface area contributed by atoms with Crippen molar-refractivity contribution < 1.29 is 17.6 Å². The number of halogens is 2. The van der Waals surface area contributed by atoms with E-state index in [9.17, 15) is 17.6 Å². The molecule has 0 aromatic heterocycles. The van der Waals surface area contributed by atoms with E-state index in [-0.39, 0.29) is 9.92 Å². The number of anilines is 1. The van der Waals surface area contributed by atoms with Gasteiger partial charge in [0.2, 0.25) is 15.9 Å². The van der Waals surface area contributed by atoms with Gasteiger partial charge in [0.25, 0.3) is 0 Å². The number of amides is 1. The van der Waals surface area contributed by atoms with E-state index in [0.717, 1.165) is 6.07 Å². The molecule has 1 amide bonds. The lowest BCUT2D eigenvalue weighted by atomic mass is 10.2. The summed E-state index contributed by atoms with van der Waals surface area (Å²) in [6, 6.07) is 9.91. The van der Waals surface area contributed by atoms with E-state index in [1.54, 1.807) is 32.1 Å². The third kappa shape index (κ3) is 5.38. The predicted molar refractivity (Wildman–Crippen MR) is 106 cm³/mol. The zero-order valence-electron chi connectivity index (χ0n) is 14.9. The molecule has 0 fully saturated rings. The van der Waals surface area contributed by atoms with Gasteiger partial charge in [-0.2, -0.15) is 4.31 Å². The number of rotatable bonds is 7. The highest BCUT2D eigenvalue weighted by Gasteiger charge is 2.20. The number of carbonyl (C=O) groups excluding carboxylic acids is 1. The Hall–Kier alpha value is -2.22. The van der Waals surface area contributed by atoms with Gasteiger partial charge in [0.05, 0.1) is 15.6 Å². The molecule has 8 heteroatoms. The summed E-state index contributed by atoms with van der Waals surface area (Å²) in [5.41, 5.74) is 0.960. The Morgan fingerprint density at radius 1 is 1.15 bits per heavy atom. The molecule has 0 aliphatic heterocycles. The quantitative estimate of drug-likeness (QED) is 0.697. The second-order valence-electron chi connectivity index (χ2n) is 5.61. The molecule has 1 N–H and O–H groups in total. The van der Waals surface area contributed by atoms with Gasteiger partial charge in [0.1, 0.15) is 5.82 Å². The van der Waals surface area contributed by atoms with E-state index in [1.807, 2.05) is 0 Å². The van der Waals surface area contributed by atoms with Crippen LogP contribution in [0.3, 0.4) is 0 Å². The monoisotopic (exact) mass is 410 g/mol. The molecular formula is C19H20ClFN2O3S. The minimum Gasteiger partial charge on any atom is -0.321 e. The van der Waals surface area contributed by atoms with Gasteiger partial charge < -0.3 is 5.32 Å². The number of hydrogen-bond acceptors (Lipinski definition) is 3. The standard InChI is InChI=1S/C19H20ClFN2O3S/c1-3-23(4-2)27(25,26)16-9-5-14(6-10-16)7-12-19(24)22-18-11-8-15(21)13-17(18)20/h5-13H,3-4H2,1-2H3,(H,22,24)/b12-7+. The van der Waals surface area contributed by atoms with Crippen LogP contribution in [0, 0.1) is 5.82 Å². The fourth-order valence-corrected chi connectivity index (χ4v) is 4.07. The summed E-state index contributed by atoms with van der Waals surface area (Å²) >= 11 is 5.86. The molecule has 0 heterocycles. The normalized spacial score (nSPS) is 11.9. The molecule has 0 spiro atoms. The van der Waals surface area contributed by atoms with Gasteiger partial charge in [0.15, 0.2) is 0 Å². The zero-order valence-corrected chi connectivity index (χ0v) is 16.5. The van der Waals surface area contributed by atoms with Crippen molar-refractivity contribution in [3.8, 4) is 0 Å². The first-order chi connectivity index (χ1) is 12.8. The number of benzene rings is 2. The van der Waals surface area contributed by atoms with E-state index >= 15 is 0 Å². The Bertz CT molecular complexity index is 940. The summed E-state index contributed by atoms with van der Waals surface area (Å²) < 4.78 is 39.3. The second kappa shape index (κ2) is 9.12. The molecule has 144 valence electrons. The summed E-state index contributed by atoms with van der Waals surface area (Å²) in [6.07, 6.45) is 2.83. The molecule has 0 saturated carbocycles. The van der Waals surface area contributed by atoms with Crippen LogP contribution < -0.4 is 5.32 Å². The third-order valence-electron chi connectivity index (χ3n) is 3.84. The molecule has 2 rings (SSSR count). The number of sulfonamides is 1.